The summed E-state index contributed by atoms with van der Waals surface area (Å²) in [6.45, 7) is 0. The molecule has 0 amide bonds. The smallest absolute Gasteiger partial charge is 0.138 e. The maximum Gasteiger partial charge on any atom is 0.138 e. The number of pyridine rings is 7. The van der Waals surface area contributed by atoms with Crippen LogP contribution in [0.3, 0.4) is 0 Å². The van der Waals surface area contributed by atoms with Crippen molar-refractivity contribution in [1.82, 2.24) is 62.3 Å². The molecule has 0 N–H and O–H groups in total. The summed E-state index contributed by atoms with van der Waals surface area (Å²) in [6.07, 6.45) is 9.33. The minimum Gasteiger partial charge on any atom is -0.309 e. The summed E-state index contributed by atoms with van der Waals surface area (Å²) in [5.41, 5.74) is 41.2. The molecule has 0 aliphatic heterocycles. The van der Waals surface area contributed by atoms with Crippen molar-refractivity contribution in [3.63, 3.8) is 0 Å². The van der Waals surface area contributed by atoms with Gasteiger partial charge in [-0.15, -0.1) is 0 Å². The average Bonchev–Trinajstić information content (AvgIpc) is 1.61. The first-order valence-electron chi connectivity index (χ1n) is 50.6. The van der Waals surface area contributed by atoms with E-state index in [4.69, 9.17) is 34.9 Å². The van der Waals surface area contributed by atoms with E-state index in [1.54, 1.807) is 0 Å². The Labute approximate surface area is 863 Å². The molecule has 0 spiro atoms. The van der Waals surface area contributed by atoms with Gasteiger partial charge in [0.25, 0.3) is 0 Å². The zero-order chi connectivity index (χ0) is 99.1. The molecule has 0 atom stereocenters. The topological polar surface area (TPSA) is 120 Å². The molecule has 30 aromatic rings. The number of rotatable bonds is 15. The van der Waals surface area contributed by atoms with Crippen LogP contribution in [-0.2, 0) is 0 Å². The summed E-state index contributed by atoms with van der Waals surface area (Å²) < 4.78 is 14.0. The van der Waals surface area contributed by atoms with E-state index >= 15 is 0 Å². The molecule has 13 aromatic heterocycles. The molecule has 0 unspecified atom stereocenters. The van der Waals surface area contributed by atoms with Gasteiger partial charge in [0, 0.05) is 130 Å². The lowest BCUT2D eigenvalue weighted by Gasteiger charge is -2.13. The zero-order valence-electron chi connectivity index (χ0n) is 81.2. The molecule has 150 heavy (non-hydrogen) atoms. The van der Waals surface area contributed by atoms with Crippen molar-refractivity contribution in [2.24, 2.45) is 0 Å². The fourth-order valence-corrected chi connectivity index (χ4v) is 22.3. The summed E-state index contributed by atoms with van der Waals surface area (Å²) in [7, 11) is 0. The second-order valence-corrected chi connectivity index (χ2v) is 37.9. The van der Waals surface area contributed by atoms with Crippen LogP contribution >= 0.6 is 0 Å². The van der Waals surface area contributed by atoms with Gasteiger partial charge in [-0.25, -0.2) is 9.97 Å². The predicted molar refractivity (Wildman–Crippen MR) is 619 cm³/mol. The number of para-hydroxylation sites is 6. The highest BCUT2D eigenvalue weighted by atomic mass is 15.1. The second kappa shape index (κ2) is 37.1. The van der Waals surface area contributed by atoms with Crippen LogP contribution in [0.25, 0.3) is 266 Å². The standard InChI is InChI=1S/2C46H30N4.C45H29N5/c1-4-13-31(14-5-1)35-29-40(32-15-6-2-7-16-32)48-45(30-35)50-43-25-23-34(28-39(43)46-44(50)21-12-26-47-46)33-22-24-42-38(27-33)37-19-10-11-20-41(37)49(42)36-17-8-3-9-18-36;1-4-13-31(14-5-1)40-29-36(30-41(48-40)32-15-6-2-7-16-32)50-44-25-23-34(28-39(44)46-45(50)21-12-26-47-46)33-22-24-43-38(27-33)37-19-10-11-20-42(37)49(43)35-17-8-3-9-18-35;1-2-11-34(12-3-1)49-41-16-5-4-13-36(41)37-28-30(18-20-42(37)49)31-19-21-43-38(29-31)45-44(17-10-24-48-45)50(43)35-26-32(39-14-6-8-22-46-39)25-33(27-35)40-15-7-9-23-47-40/h2*1-30H;1-29H. The normalized spacial score (nSPS) is 11.6. The van der Waals surface area contributed by atoms with Gasteiger partial charge in [0.15, 0.2) is 0 Å². The molecule has 702 valence electrons. The molecule has 0 bridgehead atoms. The number of benzene rings is 17. The van der Waals surface area contributed by atoms with Crippen molar-refractivity contribution in [3.8, 4) is 135 Å². The van der Waals surface area contributed by atoms with Gasteiger partial charge >= 0.3 is 0 Å². The third-order valence-corrected chi connectivity index (χ3v) is 29.1. The SMILES string of the molecule is c1ccc(-c2cc(-c3ccccc3)nc(-n3c4ccc(-c5ccc6c(c5)c5ccccc5n6-c5ccccc5)cc4c4ncccc43)c2)cc1.c1ccc(-c2cc(-n3c4ccc(-c5ccc6c(c5)c5ccccc5n6-c5ccccc5)cc4c4ncccc43)cc(-c3ccccc3)n2)cc1.c1ccc(-n2c3ccccc3c3cc(-c4ccc5c(c4)c4ncccc4n5-c4cc(-c5ccccn5)cc(-c5ccccn5)c4)ccc32)cc1. The summed E-state index contributed by atoms with van der Waals surface area (Å²) in [6, 6.07) is 180. The van der Waals surface area contributed by atoms with Crippen LogP contribution in [0.2, 0.25) is 0 Å². The Hall–Kier alpha value is -20.4. The molecule has 0 fully saturated rings. The Bertz CT molecular complexity index is 9320. The van der Waals surface area contributed by atoms with E-state index in [1.165, 1.54) is 82.1 Å². The summed E-state index contributed by atoms with van der Waals surface area (Å²) >= 11 is 0. The lowest BCUT2D eigenvalue weighted by Crippen LogP contribution is -2.00. The molecule has 17 aromatic carbocycles. The van der Waals surface area contributed by atoms with E-state index < -0.39 is 0 Å². The minimum atomic E-state index is 0.862. The van der Waals surface area contributed by atoms with Gasteiger partial charge in [0.05, 0.1) is 117 Å². The molecule has 0 saturated heterocycles. The van der Waals surface area contributed by atoms with E-state index in [1.807, 2.05) is 91.6 Å². The Kier molecular flexibility index (Phi) is 21.6. The first-order valence-corrected chi connectivity index (χ1v) is 50.6. The van der Waals surface area contributed by atoms with E-state index in [-0.39, 0.29) is 0 Å². The van der Waals surface area contributed by atoms with Gasteiger partial charge in [-0.1, -0.05) is 279 Å². The van der Waals surface area contributed by atoms with Gasteiger partial charge < -0.3 is 22.8 Å². The molecule has 30 rings (SSSR count). The average molecular weight is 1920 g/mol. The van der Waals surface area contributed by atoms with Crippen LogP contribution in [0.4, 0.5) is 0 Å². The molecule has 13 heteroatoms. The number of hydrogen-bond acceptors (Lipinski definition) is 7. The number of hydrogen-bond donors (Lipinski definition) is 0. The number of fused-ring (bicyclic) bond motifs is 18. The molecular weight excluding hydrogens is 1830 g/mol. The van der Waals surface area contributed by atoms with Gasteiger partial charge in [-0.2, -0.15) is 0 Å². The van der Waals surface area contributed by atoms with E-state index in [9.17, 15) is 0 Å². The van der Waals surface area contributed by atoms with Gasteiger partial charge in [0.1, 0.15) is 5.82 Å². The van der Waals surface area contributed by atoms with Crippen molar-refractivity contribution in [1.29, 1.82) is 0 Å². The molecule has 0 aliphatic carbocycles. The Morgan fingerprint density at radius 3 is 0.740 bits per heavy atom. The monoisotopic (exact) mass is 1920 g/mol. The third kappa shape index (κ3) is 15.5. The van der Waals surface area contributed by atoms with E-state index in [0.717, 1.165) is 184 Å². The molecule has 0 saturated carbocycles. The predicted octanol–water partition coefficient (Wildman–Crippen LogP) is 34.4. The van der Waals surface area contributed by atoms with Gasteiger partial charge in [0.2, 0.25) is 0 Å². The maximum absolute atomic E-state index is 5.28. The fraction of sp³-hybridized carbons (Fsp3) is 0. The van der Waals surface area contributed by atoms with Crippen LogP contribution in [-0.4, -0.2) is 62.3 Å². The highest BCUT2D eigenvalue weighted by Gasteiger charge is 2.26. The Morgan fingerprint density at radius 2 is 0.387 bits per heavy atom. The highest BCUT2D eigenvalue weighted by molar-refractivity contribution is 6.16. The lowest BCUT2D eigenvalue weighted by atomic mass is 10.0. The van der Waals surface area contributed by atoms with Crippen LogP contribution in [0.5, 0.6) is 0 Å². The fourth-order valence-electron chi connectivity index (χ4n) is 22.3. The Morgan fingerprint density at radius 1 is 0.120 bits per heavy atom. The second-order valence-electron chi connectivity index (χ2n) is 37.9. The highest BCUT2D eigenvalue weighted by Crippen LogP contribution is 2.46. The minimum absolute atomic E-state index is 0.862. The quantitative estimate of drug-likeness (QED) is 0.100. The van der Waals surface area contributed by atoms with Crippen LogP contribution in [0, 0.1) is 0 Å². The molecular formula is C137H89N13. The maximum atomic E-state index is 5.28. The summed E-state index contributed by atoms with van der Waals surface area (Å²) in [4.78, 5) is 34.6. The van der Waals surface area contributed by atoms with Crippen molar-refractivity contribution in [2.75, 3.05) is 0 Å². The summed E-state index contributed by atoms with van der Waals surface area (Å²) in [5, 5.41) is 10.7. The van der Waals surface area contributed by atoms with Crippen LogP contribution in [0.15, 0.2) is 541 Å². The lowest BCUT2D eigenvalue weighted by molar-refractivity contribution is 1.08. The first-order chi connectivity index (χ1) is 74.4. The molecule has 0 radical (unpaired) electrons. The third-order valence-electron chi connectivity index (χ3n) is 29.1. The van der Waals surface area contributed by atoms with Crippen molar-refractivity contribution < 1.29 is 0 Å². The summed E-state index contributed by atoms with van der Waals surface area (Å²) in [5.74, 6) is 0.862. The van der Waals surface area contributed by atoms with Gasteiger partial charge in [-0.05, 0) is 275 Å². The van der Waals surface area contributed by atoms with Crippen LogP contribution < -0.4 is 0 Å². The number of nitrogens with zero attached hydrogens (tertiary/aromatic N) is 13. The largest absolute Gasteiger partial charge is 0.309 e. The van der Waals surface area contributed by atoms with Crippen molar-refractivity contribution >= 4 is 131 Å². The Balaban J connectivity index is 0.000000108. The van der Waals surface area contributed by atoms with E-state index in [0.29, 0.717) is 0 Å². The molecule has 0 aliphatic rings. The van der Waals surface area contributed by atoms with E-state index in [2.05, 4.69) is 476 Å². The zero-order valence-corrected chi connectivity index (χ0v) is 81.2. The van der Waals surface area contributed by atoms with Crippen LogP contribution in [0.1, 0.15) is 0 Å². The van der Waals surface area contributed by atoms with Crippen molar-refractivity contribution in [3.05, 3.63) is 541 Å². The number of aromatic nitrogens is 13. The van der Waals surface area contributed by atoms with Crippen molar-refractivity contribution in [2.45, 2.75) is 0 Å². The molecule has 13 nitrogen and oxygen atoms in total. The molecule has 13 heterocycles. The van der Waals surface area contributed by atoms with Gasteiger partial charge in [-0.3, -0.25) is 29.5 Å². The first kappa shape index (κ1) is 87.4.